The van der Waals surface area contributed by atoms with Gasteiger partial charge in [-0.05, 0) is 30.6 Å². The van der Waals surface area contributed by atoms with E-state index in [1.807, 2.05) is 34.6 Å². The molecule has 14 nitrogen and oxygen atoms in total. The second kappa shape index (κ2) is 22.8. The van der Waals surface area contributed by atoms with Crippen molar-refractivity contribution in [1.29, 1.82) is 0 Å². The van der Waals surface area contributed by atoms with Crippen LogP contribution >= 0.6 is 0 Å². The van der Waals surface area contributed by atoms with Crippen molar-refractivity contribution in [1.82, 2.24) is 15.5 Å². The Balaban J connectivity index is 2.21. The van der Waals surface area contributed by atoms with E-state index in [0.29, 0.717) is 58.8 Å². The number of urea groups is 1. The van der Waals surface area contributed by atoms with Crippen LogP contribution in [0.5, 0.6) is 0 Å². The number of ether oxygens (including phenoxy) is 4. The summed E-state index contributed by atoms with van der Waals surface area (Å²) in [5.41, 5.74) is 4.46. The maximum atomic E-state index is 13.3. The van der Waals surface area contributed by atoms with E-state index in [2.05, 4.69) is 31.4 Å². The van der Waals surface area contributed by atoms with Crippen LogP contribution in [0.3, 0.4) is 0 Å². The highest BCUT2D eigenvalue weighted by Crippen LogP contribution is 2.32. The number of carbonyl (C=O) groups excluding carboxylic acids is 6. The highest BCUT2D eigenvalue weighted by Gasteiger charge is 2.40. The molecule has 14 heteroatoms. The summed E-state index contributed by atoms with van der Waals surface area (Å²) < 4.78 is 22.0. The van der Waals surface area contributed by atoms with Crippen molar-refractivity contribution < 1.29 is 47.7 Å². The van der Waals surface area contributed by atoms with Crippen LogP contribution in [0.4, 0.5) is 4.79 Å². The first-order valence-electron chi connectivity index (χ1n) is 17.9. The van der Waals surface area contributed by atoms with Crippen LogP contribution < -0.4 is 16.4 Å². The molecule has 0 bridgehead atoms. The molecule has 0 saturated carbocycles. The standard InChI is InChI=1S/C36H64N4O10/c1-25(2)31(28(41)22-26(32(44)36(6,7)8)10-9-12-38-34(37)46)39-29(42)11-14-47-16-18-49-20-21-50-19-17-48-15-13-40-30(43)23-27(33(40)45)24-35(3,4)5/h25-27,31H,9-24H2,1-8H3,(H,39,42)(H3,37,38,46)/t26-,27?,31+/m1/s1. The van der Waals surface area contributed by atoms with Gasteiger partial charge in [-0.25, -0.2) is 4.79 Å². The minimum Gasteiger partial charge on any atom is -0.379 e. The Morgan fingerprint density at radius 2 is 1.40 bits per heavy atom. The van der Waals surface area contributed by atoms with Gasteiger partial charge in [-0.1, -0.05) is 55.4 Å². The average molecular weight is 713 g/mol. The minimum atomic E-state index is -0.736. The Morgan fingerprint density at radius 3 is 1.90 bits per heavy atom. The lowest BCUT2D eigenvalue weighted by molar-refractivity contribution is -0.140. The summed E-state index contributed by atoms with van der Waals surface area (Å²) in [4.78, 5) is 76.0. The zero-order valence-electron chi connectivity index (χ0n) is 31.7. The van der Waals surface area contributed by atoms with Crippen LogP contribution in [0.1, 0.15) is 93.9 Å². The van der Waals surface area contributed by atoms with Gasteiger partial charge in [0.25, 0.3) is 0 Å². The SMILES string of the molecule is CC(C)[C@H](NC(=O)CCOCCOCCOCCOCCN1C(=O)CC(CC(C)(C)C)C1=O)C(=O)C[C@@H](CCCNC(N)=O)C(=O)C(C)(C)C. The number of hydrogen-bond acceptors (Lipinski definition) is 10. The average Bonchev–Trinajstić information content (AvgIpc) is 3.26. The summed E-state index contributed by atoms with van der Waals surface area (Å²) in [5.74, 6) is -1.76. The van der Waals surface area contributed by atoms with E-state index >= 15 is 0 Å². The van der Waals surface area contributed by atoms with Gasteiger partial charge >= 0.3 is 6.03 Å². The number of rotatable bonds is 26. The number of Topliss-reactive ketones (excluding diaryl/α,β-unsaturated/α-hetero) is 2. The first-order valence-corrected chi connectivity index (χ1v) is 17.9. The molecular weight excluding hydrogens is 648 g/mol. The fourth-order valence-corrected chi connectivity index (χ4v) is 5.70. The second-order valence-electron chi connectivity index (χ2n) is 15.5. The smallest absolute Gasteiger partial charge is 0.312 e. The number of hydrogen-bond donors (Lipinski definition) is 3. The van der Waals surface area contributed by atoms with Gasteiger partial charge in [0, 0.05) is 43.1 Å². The van der Waals surface area contributed by atoms with Gasteiger partial charge in [-0.2, -0.15) is 0 Å². The molecule has 288 valence electrons. The highest BCUT2D eigenvalue weighted by molar-refractivity contribution is 6.03. The molecule has 0 aromatic carbocycles. The van der Waals surface area contributed by atoms with Crippen LogP contribution in [0.2, 0.25) is 0 Å². The largest absolute Gasteiger partial charge is 0.379 e. The van der Waals surface area contributed by atoms with Crippen molar-refractivity contribution in [3.63, 3.8) is 0 Å². The minimum absolute atomic E-state index is 0.00180. The predicted molar refractivity (Wildman–Crippen MR) is 188 cm³/mol. The first-order chi connectivity index (χ1) is 23.3. The lowest BCUT2D eigenvalue weighted by atomic mass is 9.78. The summed E-state index contributed by atoms with van der Waals surface area (Å²) in [6.45, 7) is 18.3. The van der Waals surface area contributed by atoms with Gasteiger partial charge < -0.3 is 35.3 Å². The normalized spacial score (nSPS) is 16.5. The molecule has 1 aliphatic rings. The van der Waals surface area contributed by atoms with Gasteiger partial charge in [-0.15, -0.1) is 0 Å². The number of primary amides is 1. The number of carbonyl (C=O) groups is 6. The molecule has 1 unspecified atom stereocenters. The summed E-state index contributed by atoms with van der Waals surface area (Å²) in [6.07, 6.45) is 1.94. The summed E-state index contributed by atoms with van der Waals surface area (Å²) in [7, 11) is 0. The number of amides is 5. The lowest BCUT2D eigenvalue weighted by Crippen LogP contribution is -2.46. The first kappa shape index (κ1) is 45.1. The van der Waals surface area contributed by atoms with Crippen molar-refractivity contribution in [3.05, 3.63) is 0 Å². The molecule has 1 rings (SSSR count). The van der Waals surface area contributed by atoms with Crippen molar-refractivity contribution >= 4 is 35.3 Å². The molecule has 0 aromatic rings. The number of nitrogens with zero attached hydrogens (tertiary/aromatic N) is 1. The van der Waals surface area contributed by atoms with E-state index < -0.39 is 23.4 Å². The van der Waals surface area contributed by atoms with Crippen LogP contribution in [0, 0.1) is 28.6 Å². The Morgan fingerprint density at radius 1 is 0.860 bits per heavy atom. The number of nitrogens with one attached hydrogen (secondary N) is 2. The summed E-state index contributed by atoms with van der Waals surface area (Å²) in [5, 5.41) is 5.31. The van der Waals surface area contributed by atoms with E-state index in [-0.39, 0.29) is 92.2 Å². The lowest BCUT2D eigenvalue weighted by Gasteiger charge is -2.27. The van der Waals surface area contributed by atoms with Gasteiger partial charge in [0.05, 0.1) is 65.4 Å². The van der Waals surface area contributed by atoms with E-state index in [1.54, 1.807) is 0 Å². The summed E-state index contributed by atoms with van der Waals surface area (Å²) in [6, 6.07) is -1.38. The molecule has 0 radical (unpaired) electrons. The fourth-order valence-electron chi connectivity index (χ4n) is 5.70. The van der Waals surface area contributed by atoms with Crippen LogP contribution in [0.15, 0.2) is 0 Å². The maximum absolute atomic E-state index is 13.3. The fraction of sp³-hybridized carbons (Fsp3) is 0.833. The van der Waals surface area contributed by atoms with Crippen molar-refractivity contribution in [3.8, 4) is 0 Å². The molecular formula is C36H64N4O10. The summed E-state index contributed by atoms with van der Waals surface area (Å²) >= 11 is 0. The Kier molecular flexibility index (Phi) is 20.5. The maximum Gasteiger partial charge on any atom is 0.312 e. The molecule has 5 amide bonds. The Bertz CT molecular complexity index is 1100. The Labute approximate surface area is 298 Å². The molecule has 1 saturated heterocycles. The van der Waals surface area contributed by atoms with Gasteiger partial charge in [0.2, 0.25) is 17.7 Å². The topological polar surface area (TPSA) is 193 Å². The van der Waals surface area contributed by atoms with E-state index in [4.69, 9.17) is 24.7 Å². The highest BCUT2D eigenvalue weighted by atomic mass is 16.6. The van der Waals surface area contributed by atoms with Gasteiger partial charge in [0.15, 0.2) is 5.78 Å². The quantitative estimate of drug-likeness (QED) is 0.0887. The zero-order valence-corrected chi connectivity index (χ0v) is 31.7. The Hall–Kier alpha value is -2.94. The zero-order chi connectivity index (χ0) is 37.9. The van der Waals surface area contributed by atoms with Crippen molar-refractivity contribution in [2.75, 3.05) is 65.9 Å². The van der Waals surface area contributed by atoms with E-state index in [1.165, 1.54) is 4.90 Å². The van der Waals surface area contributed by atoms with Crippen LogP contribution in [-0.4, -0.2) is 112 Å². The third kappa shape index (κ3) is 18.9. The van der Waals surface area contributed by atoms with Crippen molar-refractivity contribution in [2.24, 2.45) is 34.3 Å². The molecule has 0 aromatic heterocycles. The molecule has 0 aliphatic carbocycles. The predicted octanol–water partition coefficient (Wildman–Crippen LogP) is 3.03. The molecule has 50 heavy (non-hydrogen) atoms. The number of ketones is 2. The molecule has 1 aliphatic heterocycles. The monoisotopic (exact) mass is 712 g/mol. The third-order valence-corrected chi connectivity index (χ3v) is 8.16. The van der Waals surface area contributed by atoms with Crippen LogP contribution in [-0.2, 0) is 42.9 Å². The van der Waals surface area contributed by atoms with Crippen LogP contribution in [0.25, 0.3) is 0 Å². The number of nitrogens with two attached hydrogens (primary N) is 1. The molecule has 1 fully saturated rings. The van der Waals surface area contributed by atoms with Gasteiger partial charge in [0.1, 0.15) is 5.78 Å². The number of imide groups is 1. The van der Waals surface area contributed by atoms with E-state index in [0.717, 1.165) is 0 Å². The van der Waals surface area contributed by atoms with E-state index in [9.17, 15) is 28.8 Å². The molecule has 3 atom stereocenters. The van der Waals surface area contributed by atoms with Gasteiger partial charge in [-0.3, -0.25) is 28.9 Å². The van der Waals surface area contributed by atoms with Crippen molar-refractivity contribution in [2.45, 2.75) is 100.0 Å². The number of likely N-dealkylation sites (tertiary alicyclic amines) is 1. The second-order valence-corrected chi connectivity index (χ2v) is 15.5. The third-order valence-electron chi connectivity index (χ3n) is 8.16. The molecule has 0 spiro atoms. The molecule has 1 heterocycles. The molecule has 4 N–H and O–H groups in total.